The standard InChI is InChI=1S/C19H17ClF4N2O3S/c20-16-2-1-3-17(21)15(16)10-26(13-6-7-13)30(28,29)14-8-4-12(5-9-14)18(27)25-11-19(22,23)24/h1-5,8-9,13H,6-7,10-11H2,(H,25,27). The van der Waals surface area contributed by atoms with Gasteiger partial charge in [0.25, 0.3) is 5.91 Å². The van der Waals surface area contributed by atoms with Crippen molar-refractivity contribution in [3.63, 3.8) is 0 Å². The van der Waals surface area contributed by atoms with Crippen LogP contribution in [0.5, 0.6) is 0 Å². The molecule has 1 aliphatic rings. The molecule has 5 nitrogen and oxygen atoms in total. The fraction of sp³-hybridized carbons (Fsp3) is 0.316. The summed E-state index contributed by atoms with van der Waals surface area (Å²) in [6, 6.07) is 8.28. The Kier molecular flexibility index (Phi) is 6.40. The van der Waals surface area contributed by atoms with Crippen molar-refractivity contribution in [2.45, 2.75) is 36.5 Å². The highest BCUT2D eigenvalue weighted by Crippen LogP contribution is 2.35. The van der Waals surface area contributed by atoms with Gasteiger partial charge < -0.3 is 5.32 Å². The molecule has 1 fully saturated rings. The van der Waals surface area contributed by atoms with E-state index in [0.29, 0.717) is 12.8 Å². The second-order valence-electron chi connectivity index (χ2n) is 6.80. The molecule has 1 aliphatic carbocycles. The zero-order chi connectivity index (χ0) is 22.1. The number of alkyl halides is 3. The lowest BCUT2D eigenvalue weighted by atomic mass is 10.2. The van der Waals surface area contributed by atoms with Gasteiger partial charge in [-0.25, -0.2) is 12.8 Å². The summed E-state index contributed by atoms with van der Waals surface area (Å²) in [5.74, 6) is -1.60. The van der Waals surface area contributed by atoms with E-state index in [1.54, 1.807) is 5.32 Å². The van der Waals surface area contributed by atoms with E-state index in [0.717, 1.165) is 28.6 Å². The molecular weight excluding hydrogens is 448 g/mol. The number of carbonyl (C=O) groups excluding carboxylic acids is 1. The van der Waals surface area contributed by atoms with Crippen LogP contribution in [0.3, 0.4) is 0 Å². The molecule has 1 saturated carbocycles. The predicted molar refractivity (Wildman–Crippen MR) is 102 cm³/mol. The number of hydrogen-bond donors (Lipinski definition) is 1. The highest BCUT2D eigenvalue weighted by molar-refractivity contribution is 7.89. The Bertz CT molecular complexity index is 1020. The van der Waals surface area contributed by atoms with Crippen LogP contribution in [0.2, 0.25) is 5.02 Å². The van der Waals surface area contributed by atoms with E-state index in [1.807, 2.05) is 0 Å². The fourth-order valence-electron chi connectivity index (χ4n) is 2.81. The molecule has 2 aromatic carbocycles. The first kappa shape index (κ1) is 22.5. The summed E-state index contributed by atoms with van der Waals surface area (Å²) in [4.78, 5) is 11.6. The number of benzene rings is 2. The Morgan fingerprint density at radius 1 is 1.13 bits per heavy atom. The van der Waals surface area contributed by atoms with Gasteiger partial charge in [-0.3, -0.25) is 4.79 Å². The number of nitrogens with one attached hydrogen (secondary N) is 1. The van der Waals surface area contributed by atoms with E-state index >= 15 is 0 Å². The van der Waals surface area contributed by atoms with E-state index in [-0.39, 0.29) is 33.6 Å². The third kappa shape index (κ3) is 5.30. The van der Waals surface area contributed by atoms with Crippen LogP contribution >= 0.6 is 11.6 Å². The van der Waals surface area contributed by atoms with Crippen molar-refractivity contribution in [1.82, 2.24) is 9.62 Å². The molecule has 0 heterocycles. The first-order chi connectivity index (χ1) is 14.0. The minimum absolute atomic E-state index is 0.0535. The number of sulfonamides is 1. The molecule has 11 heteroatoms. The molecule has 0 spiro atoms. The molecule has 1 amide bonds. The summed E-state index contributed by atoms with van der Waals surface area (Å²) in [5, 5.41) is 1.82. The highest BCUT2D eigenvalue weighted by atomic mass is 35.5. The van der Waals surface area contributed by atoms with Crippen molar-refractivity contribution in [2.24, 2.45) is 0 Å². The molecule has 3 rings (SSSR count). The molecule has 0 atom stereocenters. The Hall–Kier alpha value is -2.17. The van der Waals surface area contributed by atoms with Crippen LogP contribution in [-0.4, -0.2) is 37.4 Å². The Balaban J connectivity index is 1.81. The van der Waals surface area contributed by atoms with Crippen LogP contribution in [0.1, 0.15) is 28.8 Å². The molecule has 162 valence electrons. The molecule has 0 unspecified atom stereocenters. The number of nitrogens with zero attached hydrogens (tertiary/aromatic N) is 1. The maximum Gasteiger partial charge on any atom is 0.405 e. The molecule has 0 aliphatic heterocycles. The first-order valence-electron chi connectivity index (χ1n) is 8.89. The Labute approximate surface area is 175 Å². The van der Waals surface area contributed by atoms with E-state index in [4.69, 9.17) is 11.6 Å². The van der Waals surface area contributed by atoms with Gasteiger partial charge in [-0.1, -0.05) is 17.7 Å². The van der Waals surface area contributed by atoms with Crippen molar-refractivity contribution >= 4 is 27.5 Å². The van der Waals surface area contributed by atoms with Gasteiger partial charge >= 0.3 is 6.18 Å². The molecule has 2 aromatic rings. The van der Waals surface area contributed by atoms with Crippen LogP contribution in [0.15, 0.2) is 47.4 Å². The normalized spacial score (nSPS) is 14.7. The quantitative estimate of drug-likeness (QED) is 0.627. The van der Waals surface area contributed by atoms with Crippen LogP contribution < -0.4 is 5.32 Å². The zero-order valence-corrected chi connectivity index (χ0v) is 17.0. The van der Waals surface area contributed by atoms with E-state index in [9.17, 15) is 30.8 Å². The summed E-state index contributed by atoms with van der Waals surface area (Å²) in [7, 11) is -4.05. The monoisotopic (exact) mass is 464 g/mol. The number of halogens is 5. The van der Waals surface area contributed by atoms with Gasteiger partial charge in [-0.2, -0.15) is 17.5 Å². The van der Waals surface area contributed by atoms with Crippen molar-refractivity contribution in [1.29, 1.82) is 0 Å². The van der Waals surface area contributed by atoms with Crippen molar-refractivity contribution in [2.75, 3.05) is 6.54 Å². The van der Waals surface area contributed by atoms with Crippen LogP contribution in [0.4, 0.5) is 17.6 Å². The Morgan fingerprint density at radius 2 is 1.77 bits per heavy atom. The van der Waals surface area contributed by atoms with Gasteiger partial charge in [0, 0.05) is 28.7 Å². The summed E-state index contributed by atoms with van der Waals surface area (Å²) < 4.78 is 78.1. The minimum Gasteiger partial charge on any atom is -0.343 e. The number of hydrogen-bond acceptors (Lipinski definition) is 3. The van der Waals surface area contributed by atoms with Gasteiger partial charge in [0.1, 0.15) is 12.4 Å². The number of rotatable bonds is 7. The van der Waals surface area contributed by atoms with Crippen LogP contribution in [0.25, 0.3) is 0 Å². The summed E-state index contributed by atoms with van der Waals surface area (Å²) >= 11 is 6.03. The van der Waals surface area contributed by atoms with E-state index < -0.39 is 34.5 Å². The van der Waals surface area contributed by atoms with Gasteiger partial charge in [0.15, 0.2) is 0 Å². The summed E-state index contributed by atoms with van der Waals surface area (Å²) in [5.41, 5.74) is -0.0638. The topological polar surface area (TPSA) is 66.5 Å². The smallest absolute Gasteiger partial charge is 0.343 e. The average molecular weight is 465 g/mol. The van der Waals surface area contributed by atoms with Crippen molar-refractivity contribution in [3.8, 4) is 0 Å². The molecule has 0 radical (unpaired) electrons. The largest absolute Gasteiger partial charge is 0.405 e. The molecule has 1 N–H and O–H groups in total. The lowest BCUT2D eigenvalue weighted by Crippen LogP contribution is -2.34. The van der Waals surface area contributed by atoms with Crippen LogP contribution in [0, 0.1) is 5.82 Å². The number of amides is 1. The fourth-order valence-corrected chi connectivity index (χ4v) is 4.68. The van der Waals surface area contributed by atoms with E-state index in [2.05, 4.69) is 0 Å². The highest BCUT2D eigenvalue weighted by Gasteiger charge is 2.39. The molecule has 0 aromatic heterocycles. The van der Waals surface area contributed by atoms with Crippen LogP contribution in [-0.2, 0) is 16.6 Å². The molecule has 0 bridgehead atoms. The summed E-state index contributed by atoms with van der Waals surface area (Å²) in [6.07, 6.45) is -3.33. The minimum atomic E-state index is -4.56. The lowest BCUT2D eigenvalue weighted by molar-refractivity contribution is -0.123. The first-order valence-corrected chi connectivity index (χ1v) is 10.7. The average Bonchev–Trinajstić information content (AvgIpc) is 3.50. The van der Waals surface area contributed by atoms with E-state index in [1.165, 1.54) is 18.2 Å². The second kappa shape index (κ2) is 8.52. The van der Waals surface area contributed by atoms with Crippen molar-refractivity contribution < 1.29 is 30.8 Å². The van der Waals surface area contributed by atoms with Gasteiger partial charge in [0.2, 0.25) is 10.0 Å². The summed E-state index contributed by atoms with van der Waals surface area (Å²) in [6.45, 7) is -1.75. The maximum absolute atomic E-state index is 14.2. The molecular formula is C19H17ClF4N2O3S. The number of carbonyl (C=O) groups is 1. The predicted octanol–water partition coefficient (Wildman–Crippen LogP) is 4.12. The molecule has 0 saturated heterocycles. The lowest BCUT2D eigenvalue weighted by Gasteiger charge is -2.23. The SMILES string of the molecule is O=C(NCC(F)(F)F)c1ccc(S(=O)(=O)N(Cc2c(F)cccc2Cl)C2CC2)cc1. The Morgan fingerprint density at radius 3 is 2.30 bits per heavy atom. The molecule has 30 heavy (non-hydrogen) atoms. The van der Waals surface area contributed by atoms with Gasteiger partial charge in [-0.05, 0) is 49.2 Å². The third-order valence-electron chi connectivity index (χ3n) is 4.50. The second-order valence-corrected chi connectivity index (χ2v) is 9.10. The van der Waals surface area contributed by atoms with Gasteiger partial charge in [0.05, 0.1) is 4.90 Å². The van der Waals surface area contributed by atoms with Gasteiger partial charge in [-0.15, -0.1) is 0 Å². The zero-order valence-electron chi connectivity index (χ0n) is 15.4. The maximum atomic E-state index is 14.2. The van der Waals surface area contributed by atoms with Crippen molar-refractivity contribution in [3.05, 3.63) is 64.4 Å². The third-order valence-corrected chi connectivity index (χ3v) is 6.77.